The molecular formula is C8H16F3O2P. The zero-order chi connectivity index (χ0) is 11.4. The summed E-state index contributed by atoms with van der Waals surface area (Å²) in [5, 5.41) is 0. The molecule has 0 heterocycles. The van der Waals surface area contributed by atoms with E-state index < -0.39 is 25.6 Å². The fourth-order valence-electron chi connectivity index (χ4n) is 1.08. The van der Waals surface area contributed by atoms with Gasteiger partial charge in [0.2, 0.25) is 7.37 Å². The van der Waals surface area contributed by atoms with Crippen molar-refractivity contribution in [3.8, 4) is 0 Å². The van der Waals surface area contributed by atoms with Gasteiger partial charge in [-0.25, -0.2) is 0 Å². The van der Waals surface area contributed by atoms with Crippen LogP contribution in [0.15, 0.2) is 0 Å². The van der Waals surface area contributed by atoms with E-state index in [-0.39, 0.29) is 6.16 Å². The largest absolute Gasteiger partial charge is 0.389 e. The highest BCUT2D eigenvalue weighted by atomic mass is 31.2. The Morgan fingerprint density at radius 3 is 2.29 bits per heavy atom. The van der Waals surface area contributed by atoms with Crippen LogP contribution in [0, 0.1) is 0 Å². The molecule has 0 saturated heterocycles. The molecule has 14 heavy (non-hydrogen) atoms. The number of hydrogen-bond donors (Lipinski definition) is 1. The summed E-state index contributed by atoms with van der Waals surface area (Å²) < 4.78 is 47.2. The molecule has 2 atom stereocenters. The van der Waals surface area contributed by atoms with Gasteiger partial charge >= 0.3 is 6.18 Å². The first-order valence-corrected chi connectivity index (χ1v) is 6.48. The first-order chi connectivity index (χ1) is 6.19. The van der Waals surface area contributed by atoms with Crippen LogP contribution in [-0.2, 0) is 4.57 Å². The lowest BCUT2D eigenvalue weighted by atomic mass is 10.3. The van der Waals surface area contributed by atoms with E-state index in [1.807, 2.05) is 6.92 Å². The maximum absolute atomic E-state index is 11.9. The normalized spacial score (nSPS) is 19.0. The summed E-state index contributed by atoms with van der Waals surface area (Å²) >= 11 is 0. The van der Waals surface area contributed by atoms with Crippen molar-refractivity contribution in [3.05, 3.63) is 0 Å². The van der Waals surface area contributed by atoms with Gasteiger partial charge in [-0.2, -0.15) is 13.2 Å². The smallest absolute Gasteiger partial charge is 0.344 e. The maximum Gasteiger partial charge on any atom is 0.389 e. The third-order valence-corrected chi connectivity index (χ3v) is 4.56. The van der Waals surface area contributed by atoms with Gasteiger partial charge in [0.05, 0.1) is 6.42 Å². The Morgan fingerprint density at radius 1 is 1.43 bits per heavy atom. The average Bonchev–Trinajstić information content (AvgIpc) is 1.97. The SMILES string of the molecule is CCCCP(=O)(O)C(C)CC(F)(F)F. The van der Waals surface area contributed by atoms with Crippen LogP contribution in [0.5, 0.6) is 0 Å². The van der Waals surface area contributed by atoms with Crippen molar-refractivity contribution in [2.75, 3.05) is 6.16 Å². The minimum absolute atomic E-state index is 0.0131. The van der Waals surface area contributed by atoms with Crippen molar-refractivity contribution in [1.82, 2.24) is 0 Å². The number of alkyl halides is 3. The van der Waals surface area contributed by atoms with Crippen molar-refractivity contribution >= 4 is 7.37 Å². The Hall–Kier alpha value is -0.0200. The Bertz CT molecular complexity index is 215. The molecule has 0 fully saturated rings. The number of rotatable bonds is 5. The van der Waals surface area contributed by atoms with Gasteiger partial charge in [0, 0.05) is 11.8 Å². The Morgan fingerprint density at radius 2 is 1.93 bits per heavy atom. The number of hydrogen-bond acceptors (Lipinski definition) is 1. The molecule has 0 bridgehead atoms. The van der Waals surface area contributed by atoms with E-state index in [2.05, 4.69) is 0 Å². The molecule has 6 heteroatoms. The second-order valence-electron chi connectivity index (χ2n) is 3.50. The van der Waals surface area contributed by atoms with Crippen LogP contribution in [0.2, 0.25) is 0 Å². The summed E-state index contributed by atoms with van der Waals surface area (Å²) in [6, 6.07) is 0. The van der Waals surface area contributed by atoms with Crippen LogP contribution < -0.4 is 0 Å². The minimum atomic E-state index is -4.36. The predicted octanol–water partition coefficient (Wildman–Crippen LogP) is 3.40. The maximum atomic E-state index is 11.9. The van der Waals surface area contributed by atoms with Crippen molar-refractivity contribution < 1.29 is 22.6 Å². The molecule has 1 N–H and O–H groups in total. The van der Waals surface area contributed by atoms with Crippen LogP contribution in [0.1, 0.15) is 33.1 Å². The molecule has 86 valence electrons. The molecule has 2 unspecified atom stereocenters. The quantitative estimate of drug-likeness (QED) is 0.737. The molecule has 0 aromatic heterocycles. The Labute approximate surface area is 82.0 Å². The fourth-order valence-corrected chi connectivity index (χ4v) is 2.79. The minimum Gasteiger partial charge on any atom is -0.344 e. The summed E-state index contributed by atoms with van der Waals surface area (Å²) in [4.78, 5) is 9.33. The molecule has 0 rings (SSSR count). The van der Waals surface area contributed by atoms with E-state index in [0.717, 1.165) is 0 Å². The molecular weight excluding hydrogens is 216 g/mol. The lowest BCUT2D eigenvalue weighted by molar-refractivity contribution is -0.134. The molecule has 0 aromatic carbocycles. The van der Waals surface area contributed by atoms with Gasteiger partial charge in [-0.15, -0.1) is 0 Å². The van der Waals surface area contributed by atoms with Gasteiger partial charge in [-0.1, -0.05) is 20.3 Å². The molecule has 0 aliphatic rings. The summed E-state index contributed by atoms with van der Waals surface area (Å²) in [5.74, 6) is 0. The second-order valence-corrected chi connectivity index (χ2v) is 6.34. The number of halogens is 3. The summed E-state index contributed by atoms with van der Waals surface area (Å²) in [5.41, 5.74) is -1.19. The van der Waals surface area contributed by atoms with Gasteiger partial charge in [-0.3, -0.25) is 4.57 Å². The van der Waals surface area contributed by atoms with E-state index in [4.69, 9.17) is 0 Å². The van der Waals surface area contributed by atoms with Crippen LogP contribution >= 0.6 is 7.37 Å². The molecule has 2 nitrogen and oxygen atoms in total. The van der Waals surface area contributed by atoms with Crippen molar-refractivity contribution in [2.24, 2.45) is 0 Å². The van der Waals surface area contributed by atoms with Crippen LogP contribution in [0.25, 0.3) is 0 Å². The third-order valence-electron chi connectivity index (χ3n) is 2.05. The molecule has 0 radical (unpaired) electrons. The summed E-state index contributed by atoms with van der Waals surface area (Å²) in [6.07, 6.45) is -4.34. The zero-order valence-corrected chi connectivity index (χ0v) is 9.24. The van der Waals surface area contributed by atoms with E-state index in [1.54, 1.807) is 0 Å². The molecule has 0 spiro atoms. The van der Waals surface area contributed by atoms with Crippen molar-refractivity contribution in [2.45, 2.75) is 44.9 Å². The first-order valence-electron chi connectivity index (χ1n) is 4.57. The Kier molecular flexibility index (Phi) is 5.16. The lowest BCUT2D eigenvalue weighted by Gasteiger charge is -2.20. The van der Waals surface area contributed by atoms with Crippen molar-refractivity contribution in [1.29, 1.82) is 0 Å². The second kappa shape index (κ2) is 5.17. The van der Waals surface area contributed by atoms with Gasteiger partial charge in [-0.05, 0) is 6.42 Å². The third kappa shape index (κ3) is 5.66. The van der Waals surface area contributed by atoms with E-state index in [0.29, 0.717) is 12.8 Å². The molecule has 0 saturated carbocycles. The van der Waals surface area contributed by atoms with E-state index in [1.165, 1.54) is 6.92 Å². The molecule has 0 amide bonds. The molecule has 0 aliphatic heterocycles. The molecule has 0 aliphatic carbocycles. The van der Waals surface area contributed by atoms with Gasteiger partial charge in [0.25, 0.3) is 0 Å². The summed E-state index contributed by atoms with van der Waals surface area (Å²) in [7, 11) is -3.62. The van der Waals surface area contributed by atoms with E-state index >= 15 is 0 Å². The fraction of sp³-hybridized carbons (Fsp3) is 1.00. The van der Waals surface area contributed by atoms with Crippen LogP contribution in [0.3, 0.4) is 0 Å². The van der Waals surface area contributed by atoms with Gasteiger partial charge < -0.3 is 4.89 Å². The van der Waals surface area contributed by atoms with Crippen LogP contribution in [-0.4, -0.2) is 22.9 Å². The topological polar surface area (TPSA) is 37.3 Å². The highest BCUT2D eigenvalue weighted by Gasteiger charge is 2.37. The number of unbranched alkanes of at least 4 members (excludes halogenated alkanes) is 1. The molecule has 0 aromatic rings. The predicted molar refractivity (Wildman–Crippen MR) is 49.7 cm³/mol. The van der Waals surface area contributed by atoms with Gasteiger partial charge in [0.15, 0.2) is 0 Å². The Balaban J connectivity index is 4.21. The van der Waals surface area contributed by atoms with Gasteiger partial charge in [0.1, 0.15) is 0 Å². The zero-order valence-electron chi connectivity index (χ0n) is 8.34. The standard InChI is InChI=1S/C8H16F3O2P/c1-3-4-5-14(12,13)7(2)6-8(9,10)11/h7H,3-6H2,1-2H3,(H,12,13). The first kappa shape index (κ1) is 14.0. The summed E-state index contributed by atoms with van der Waals surface area (Å²) in [6.45, 7) is 3.01. The monoisotopic (exact) mass is 232 g/mol. The van der Waals surface area contributed by atoms with Crippen LogP contribution in [0.4, 0.5) is 13.2 Å². The van der Waals surface area contributed by atoms with Crippen molar-refractivity contribution in [3.63, 3.8) is 0 Å². The lowest BCUT2D eigenvalue weighted by Crippen LogP contribution is -2.18. The highest BCUT2D eigenvalue weighted by molar-refractivity contribution is 7.58. The van der Waals surface area contributed by atoms with E-state index in [9.17, 15) is 22.6 Å². The highest BCUT2D eigenvalue weighted by Crippen LogP contribution is 2.50. The average molecular weight is 232 g/mol.